The van der Waals surface area contributed by atoms with Crippen molar-refractivity contribution >= 4 is 34.6 Å². The third-order valence-corrected chi connectivity index (χ3v) is 3.96. The van der Waals surface area contributed by atoms with Crippen molar-refractivity contribution in [1.29, 1.82) is 0 Å². The quantitative estimate of drug-likeness (QED) is 0.522. The largest absolute Gasteiger partial charge is 0.271 e. The first-order valence-electron chi connectivity index (χ1n) is 7.71. The number of non-ortho nitro benzene ring substituents is 1. The molecule has 0 saturated carbocycles. The van der Waals surface area contributed by atoms with E-state index in [0.717, 1.165) is 17.4 Å². The topological polar surface area (TPSA) is 75.5 Å². The average Bonchev–Trinajstić information content (AvgIpc) is 2.67. The van der Waals surface area contributed by atoms with Crippen LogP contribution in [-0.2, 0) is 0 Å². The number of amides is 1. The van der Waals surface area contributed by atoms with Gasteiger partial charge in [0, 0.05) is 12.1 Å². The van der Waals surface area contributed by atoms with Gasteiger partial charge in [-0.05, 0) is 30.3 Å². The third-order valence-electron chi connectivity index (χ3n) is 3.65. The highest BCUT2D eigenvalue weighted by atomic mass is 35.5. The Morgan fingerprint density at radius 3 is 1.92 bits per heavy atom. The number of hydrogen-bond acceptors (Lipinski definition) is 4. The fourth-order valence-corrected chi connectivity index (χ4v) is 2.66. The second-order valence-corrected chi connectivity index (χ2v) is 5.78. The van der Waals surface area contributed by atoms with Gasteiger partial charge < -0.3 is 0 Å². The van der Waals surface area contributed by atoms with Gasteiger partial charge in [0.25, 0.3) is 11.6 Å². The van der Waals surface area contributed by atoms with E-state index in [1.807, 2.05) is 60.7 Å². The van der Waals surface area contributed by atoms with Gasteiger partial charge in [-0.3, -0.25) is 25.3 Å². The van der Waals surface area contributed by atoms with Crippen molar-refractivity contribution in [3.05, 3.63) is 99.6 Å². The van der Waals surface area contributed by atoms with Gasteiger partial charge in [-0.25, -0.2) is 0 Å². The molecule has 0 aliphatic rings. The number of rotatable bonds is 5. The minimum atomic E-state index is -0.562. The number of benzene rings is 3. The lowest BCUT2D eigenvalue weighted by Gasteiger charge is -2.25. The molecule has 130 valence electrons. The van der Waals surface area contributed by atoms with Crippen LogP contribution in [0, 0.1) is 10.1 Å². The molecule has 6 nitrogen and oxygen atoms in total. The molecule has 1 N–H and O–H groups in total. The summed E-state index contributed by atoms with van der Waals surface area (Å²) in [5.74, 6) is -0.474. The van der Waals surface area contributed by atoms with Gasteiger partial charge in [-0.2, -0.15) is 0 Å². The molecule has 0 bridgehead atoms. The maximum atomic E-state index is 12.7. The molecule has 0 radical (unpaired) electrons. The summed E-state index contributed by atoms with van der Waals surface area (Å²) < 4.78 is 0. The van der Waals surface area contributed by atoms with Crippen molar-refractivity contribution in [2.45, 2.75) is 0 Å². The summed E-state index contributed by atoms with van der Waals surface area (Å²) in [7, 11) is 0. The number of carbonyl (C=O) groups excluding carboxylic acids is 1. The van der Waals surface area contributed by atoms with E-state index in [-0.39, 0.29) is 16.3 Å². The van der Waals surface area contributed by atoms with Crippen LogP contribution in [-0.4, -0.2) is 10.8 Å². The van der Waals surface area contributed by atoms with Crippen molar-refractivity contribution in [1.82, 2.24) is 5.43 Å². The number of hydrogen-bond donors (Lipinski definition) is 1. The molecule has 0 spiro atoms. The lowest BCUT2D eigenvalue weighted by molar-refractivity contribution is -0.384. The summed E-state index contributed by atoms with van der Waals surface area (Å²) in [6, 6.07) is 22.3. The van der Waals surface area contributed by atoms with Crippen LogP contribution in [0.15, 0.2) is 78.9 Å². The van der Waals surface area contributed by atoms with Crippen molar-refractivity contribution < 1.29 is 9.72 Å². The Morgan fingerprint density at radius 1 is 0.923 bits per heavy atom. The third kappa shape index (κ3) is 3.81. The molecule has 0 aliphatic carbocycles. The number of para-hydroxylation sites is 2. The summed E-state index contributed by atoms with van der Waals surface area (Å²) in [4.78, 5) is 23.0. The Balaban J connectivity index is 1.92. The second-order valence-electron chi connectivity index (χ2n) is 5.37. The van der Waals surface area contributed by atoms with E-state index in [0.29, 0.717) is 0 Å². The number of anilines is 2. The highest BCUT2D eigenvalue weighted by Gasteiger charge is 2.18. The zero-order valence-electron chi connectivity index (χ0n) is 13.5. The summed E-state index contributed by atoms with van der Waals surface area (Å²) in [5.41, 5.74) is 4.28. The SMILES string of the molecule is O=C(NN(c1ccccc1)c1ccccc1)c1ccc([N+](=O)[O-])cc1Cl. The molecule has 7 heteroatoms. The fourth-order valence-electron chi connectivity index (χ4n) is 2.40. The van der Waals surface area contributed by atoms with Crippen LogP contribution in [0.4, 0.5) is 17.1 Å². The van der Waals surface area contributed by atoms with Crippen LogP contribution in [0.1, 0.15) is 10.4 Å². The Bertz CT molecular complexity index is 894. The van der Waals surface area contributed by atoms with E-state index < -0.39 is 10.8 Å². The summed E-state index contributed by atoms with van der Waals surface area (Å²) in [5, 5.41) is 12.5. The van der Waals surface area contributed by atoms with Gasteiger partial charge in [0.05, 0.1) is 26.9 Å². The predicted molar refractivity (Wildman–Crippen MR) is 101 cm³/mol. The van der Waals surface area contributed by atoms with Crippen molar-refractivity contribution in [3.63, 3.8) is 0 Å². The van der Waals surface area contributed by atoms with Gasteiger partial charge in [0.2, 0.25) is 0 Å². The normalized spacial score (nSPS) is 10.2. The molecule has 0 heterocycles. The Kier molecular flexibility index (Phi) is 5.15. The summed E-state index contributed by atoms with van der Waals surface area (Å²) in [6.45, 7) is 0. The van der Waals surface area contributed by atoms with Gasteiger partial charge in [-0.15, -0.1) is 0 Å². The first-order valence-corrected chi connectivity index (χ1v) is 8.09. The molecular formula is C19H14ClN3O3. The molecule has 3 rings (SSSR count). The minimum Gasteiger partial charge on any atom is -0.267 e. The maximum Gasteiger partial charge on any atom is 0.271 e. The van der Waals surface area contributed by atoms with Crippen LogP contribution in [0.5, 0.6) is 0 Å². The molecular weight excluding hydrogens is 354 g/mol. The Labute approximate surface area is 154 Å². The van der Waals surface area contributed by atoms with E-state index in [2.05, 4.69) is 5.43 Å². The highest BCUT2D eigenvalue weighted by molar-refractivity contribution is 6.34. The molecule has 26 heavy (non-hydrogen) atoms. The monoisotopic (exact) mass is 367 g/mol. The van der Waals surface area contributed by atoms with E-state index in [9.17, 15) is 14.9 Å². The zero-order chi connectivity index (χ0) is 18.5. The first kappa shape index (κ1) is 17.4. The second kappa shape index (κ2) is 7.67. The zero-order valence-corrected chi connectivity index (χ0v) is 14.3. The molecule has 1 amide bonds. The lowest BCUT2D eigenvalue weighted by atomic mass is 10.2. The smallest absolute Gasteiger partial charge is 0.267 e. The van der Waals surface area contributed by atoms with E-state index in [1.165, 1.54) is 12.1 Å². The number of nitrogens with zero attached hydrogens (tertiary/aromatic N) is 2. The Morgan fingerprint density at radius 2 is 1.46 bits per heavy atom. The molecule has 0 saturated heterocycles. The number of nitro benzene ring substituents is 1. The number of nitro groups is 1. The Hall–Kier alpha value is -3.38. The molecule has 3 aromatic carbocycles. The van der Waals surface area contributed by atoms with Gasteiger partial charge >= 0.3 is 0 Å². The van der Waals surface area contributed by atoms with Gasteiger partial charge in [0.15, 0.2) is 0 Å². The minimum absolute atomic E-state index is 0.0118. The van der Waals surface area contributed by atoms with Crippen LogP contribution in [0.25, 0.3) is 0 Å². The molecule has 0 aliphatic heterocycles. The summed E-state index contributed by atoms with van der Waals surface area (Å²) in [6.07, 6.45) is 0. The highest BCUT2D eigenvalue weighted by Crippen LogP contribution is 2.25. The summed E-state index contributed by atoms with van der Waals surface area (Å²) >= 11 is 6.06. The van der Waals surface area contributed by atoms with Crippen molar-refractivity contribution in [3.8, 4) is 0 Å². The van der Waals surface area contributed by atoms with Crippen molar-refractivity contribution in [2.24, 2.45) is 0 Å². The predicted octanol–water partition coefficient (Wildman–Crippen LogP) is 4.73. The van der Waals surface area contributed by atoms with E-state index >= 15 is 0 Å². The molecule has 3 aromatic rings. The van der Waals surface area contributed by atoms with E-state index in [1.54, 1.807) is 5.01 Å². The molecule has 0 fully saturated rings. The standard InChI is InChI=1S/C19H14ClN3O3/c20-18-13-16(23(25)26)11-12-17(18)19(24)21-22(14-7-3-1-4-8-14)15-9-5-2-6-10-15/h1-13H,(H,21,24). The van der Waals surface area contributed by atoms with Crippen LogP contribution in [0.3, 0.4) is 0 Å². The van der Waals surface area contributed by atoms with Crippen LogP contribution in [0.2, 0.25) is 5.02 Å². The fraction of sp³-hybridized carbons (Fsp3) is 0. The number of hydrazine groups is 1. The first-order chi connectivity index (χ1) is 12.6. The average molecular weight is 368 g/mol. The lowest BCUT2D eigenvalue weighted by Crippen LogP contribution is -2.39. The number of carbonyl (C=O) groups is 1. The molecule has 0 unspecified atom stereocenters. The molecule has 0 atom stereocenters. The molecule has 0 aromatic heterocycles. The van der Waals surface area contributed by atoms with E-state index in [4.69, 9.17) is 11.6 Å². The van der Waals surface area contributed by atoms with Gasteiger partial charge in [-0.1, -0.05) is 48.0 Å². The van der Waals surface area contributed by atoms with Crippen molar-refractivity contribution in [2.75, 3.05) is 5.01 Å². The number of nitrogens with one attached hydrogen (secondary N) is 1. The number of halogens is 1. The van der Waals surface area contributed by atoms with Crippen LogP contribution >= 0.6 is 11.6 Å². The van der Waals surface area contributed by atoms with Gasteiger partial charge in [0.1, 0.15) is 0 Å². The maximum absolute atomic E-state index is 12.7. The van der Waals surface area contributed by atoms with Crippen LogP contribution < -0.4 is 10.4 Å².